The normalized spacial score (nSPS) is 39.4. The maximum absolute atomic E-state index is 13.1. The first-order valence-electron chi connectivity index (χ1n) is 14.3. The Hall–Kier alpha value is -1.84. The van der Waals surface area contributed by atoms with Gasteiger partial charge in [-0.25, -0.2) is 4.79 Å². The van der Waals surface area contributed by atoms with Crippen LogP contribution in [0.2, 0.25) is 0 Å². The van der Waals surface area contributed by atoms with Gasteiger partial charge < -0.3 is 9.15 Å². The van der Waals surface area contributed by atoms with Gasteiger partial charge in [-0.15, -0.1) is 0 Å². The quantitative estimate of drug-likeness (QED) is 0.316. The Morgan fingerprint density at radius 2 is 1.69 bits per heavy atom. The van der Waals surface area contributed by atoms with E-state index in [-0.39, 0.29) is 51.2 Å². The van der Waals surface area contributed by atoms with Crippen LogP contribution in [-0.2, 0) is 9.53 Å². The van der Waals surface area contributed by atoms with Gasteiger partial charge in [-0.2, -0.15) is 0 Å². The highest BCUT2D eigenvalue weighted by molar-refractivity contribution is 5.66. The largest absolute Gasteiger partial charge is 0.462 e. The zero-order valence-electron chi connectivity index (χ0n) is 23.8. The third-order valence-electron chi connectivity index (χ3n) is 11.8. The van der Waals surface area contributed by atoms with Crippen molar-refractivity contribution in [3.05, 3.63) is 45.0 Å². The number of ether oxygens (including phenoxy) is 1. The topological polar surface area (TPSA) is 56.5 Å². The van der Waals surface area contributed by atoms with Gasteiger partial charge in [0.15, 0.2) is 0 Å². The van der Waals surface area contributed by atoms with E-state index in [2.05, 4.69) is 54.5 Å². The van der Waals surface area contributed by atoms with E-state index in [0.717, 1.165) is 62.7 Å². The van der Waals surface area contributed by atoms with Crippen LogP contribution in [0.5, 0.6) is 0 Å². The Kier molecular flexibility index (Phi) is 5.97. The second kappa shape index (κ2) is 8.33. The minimum Gasteiger partial charge on any atom is -0.462 e. The monoisotopic (exact) mass is 494 g/mol. The predicted molar refractivity (Wildman–Crippen MR) is 143 cm³/mol. The summed E-state index contributed by atoms with van der Waals surface area (Å²) in [5, 5.41) is 0. The Labute approximate surface area is 217 Å². The van der Waals surface area contributed by atoms with E-state index >= 15 is 0 Å². The highest BCUT2D eigenvalue weighted by Gasteiger charge is 2.63. The standard InChI is InChI=1S/C32H46O4/c1-19(2)25-11-9-21(28(34)36-25)22-13-17-32(8)24-10-12-26-29(4,5)27(35-20(3)33)15-16-30(26,6)23(24)14-18-31(22,32)7/h9,11,19,22,26-27H,10,12-18H2,1-8H3/t22-,26+,27+,30+,31+,32-/m0/s1. The number of carbonyl (C=O) groups is 1. The molecular formula is C32H46O4. The molecule has 0 bridgehead atoms. The molecule has 1 heterocycles. The zero-order valence-corrected chi connectivity index (χ0v) is 23.8. The molecule has 0 amide bonds. The summed E-state index contributed by atoms with van der Waals surface area (Å²) in [5.74, 6) is 1.60. The highest BCUT2D eigenvalue weighted by Crippen LogP contribution is 2.73. The third-order valence-corrected chi connectivity index (χ3v) is 11.8. The molecule has 1 aromatic heterocycles. The molecule has 36 heavy (non-hydrogen) atoms. The number of carbonyl (C=O) groups excluding carboxylic acids is 1. The lowest BCUT2D eigenvalue weighted by Gasteiger charge is -2.62. The molecule has 0 aliphatic heterocycles. The molecule has 0 saturated heterocycles. The first-order chi connectivity index (χ1) is 16.8. The summed E-state index contributed by atoms with van der Waals surface area (Å²) in [4.78, 5) is 25.0. The van der Waals surface area contributed by atoms with E-state index < -0.39 is 0 Å². The highest BCUT2D eigenvalue weighted by atomic mass is 16.5. The Balaban J connectivity index is 1.52. The molecule has 1 aromatic rings. The van der Waals surface area contributed by atoms with Gasteiger partial charge in [0.1, 0.15) is 11.9 Å². The average molecular weight is 495 g/mol. The molecule has 4 aliphatic rings. The zero-order chi connectivity index (χ0) is 26.3. The van der Waals surface area contributed by atoms with Gasteiger partial charge in [-0.1, -0.05) is 59.6 Å². The molecule has 4 aliphatic carbocycles. The summed E-state index contributed by atoms with van der Waals surface area (Å²) < 4.78 is 11.6. The van der Waals surface area contributed by atoms with Crippen molar-refractivity contribution in [3.8, 4) is 0 Å². The van der Waals surface area contributed by atoms with E-state index in [1.54, 1.807) is 18.1 Å². The molecule has 5 rings (SSSR count). The maximum atomic E-state index is 13.1. The molecule has 0 spiro atoms. The number of fused-ring (bicyclic) bond motifs is 4. The molecule has 0 radical (unpaired) electrons. The lowest BCUT2D eigenvalue weighted by molar-refractivity contribution is -0.167. The second-order valence-electron chi connectivity index (χ2n) is 14.0. The van der Waals surface area contributed by atoms with Crippen molar-refractivity contribution in [1.29, 1.82) is 0 Å². The van der Waals surface area contributed by atoms with Crippen LogP contribution in [0.1, 0.15) is 130 Å². The lowest BCUT2D eigenvalue weighted by Crippen LogP contribution is -2.55. The summed E-state index contributed by atoms with van der Waals surface area (Å²) in [6, 6.07) is 4.10. The van der Waals surface area contributed by atoms with E-state index in [0.29, 0.717) is 5.92 Å². The van der Waals surface area contributed by atoms with Crippen LogP contribution in [0.15, 0.2) is 32.5 Å². The lowest BCUT2D eigenvalue weighted by atomic mass is 9.43. The van der Waals surface area contributed by atoms with E-state index in [9.17, 15) is 9.59 Å². The number of hydrogen-bond acceptors (Lipinski definition) is 4. The van der Waals surface area contributed by atoms with Gasteiger partial charge in [0.25, 0.3) is 0 Å². The Bertz CT molecular complexity index is 1150. The van der Waals surface area contributed by atoms with Gasteiger partial charge in [0.05, 0.1) is 0 Å². The van der Waals surface area contributed by atoms with Crippen molar-refractivity contribution < 1.29 is 13.9 Å². The third kappa shape index (κ3) is 3.45. The Morgan fingerprint density at radius 3 is 2.33 bits per heavy atom. The fourth-order valence-electron chi connectivity index (χ4n) is 9.57. The SMILES string of the molecule is CC(=O)O[C@@H]1CC[C@]2(C)C3=C(CC[C@@H]2C1(C)C)[C@]1(C)CC[C@@H](c2ccc(C(C)C)oc2=O)[C@@]1(C)CC3. The van der Waals surface area contributed by atoms with Gasteiger partial charge in [0.2, 0.25) is 0 Å². The van der Waals surface area contributed by atoms with Gasteiger partial charge in [-0.05, 0) is 91.6 Å². The molecule has 0 aromatic carbocycles. The number of esters is 1. The summed E-state index contributed by atoms with van der Waals surface area (Å²) in [6.07, 6.45) is 8.75. The predicted octanol–water partition coefficient (Wildman–Crippen LogP) is 7.91. The molecule has 0 unspecified atom stereocenters. The molecule has 6 atom stereocenters. The number of allylic oxidation sites excluding steroid dienone is 2. The minimum atomic E-state index is -0.156. The molecular weight excluding hydrogens is 448 g/mol. The molecule has 4 nitrogen and oxygen atoms in total. The van der Waals surface area contributed by atoms with Crippen LogP contribution in [0, 0.1) is 27.6 Å². The number of rotatable bonds is 3. The van der Waals surface area contributed by atoms with Crippen LogP contribution in [-0.4, -0.2) is 12.1 Å². The first kappa shape index (κ1) is 25.8. The molecule has 198 valence electrons. The van der Waals surface area contributed by atoms with E-state index in [1.165, 1.54) is 0 Å². The van der Waals surface area contributed by atoms with E-state index in [1.807, 2.05) is 6.07 Å². The van der Waals surface area contributed by atoms with Crippen LogP contribution in [0.3, 0.4) is 0 Å². The van der Waals surface area contributed by atoms with Gasteiger partial charge >= 0.3 is 11.6 Å². The van der Waals surface area contributed by atoms with Crippen LogP contribution in [0.4, 0.5) is 0 Å². The summed E-state index contributed by atoms with van der Waals surface area (Å²) >= 11 is 0. The summed E-state index contributed by atoms with van der Waals surface area (Å²) in [6.45, 7) is 17.8. The molecule has 2 fully saturated rings. The van der Waals surface area contributed by atoms with Crippen LogP contribution < -0.4 is 5.63 Å². The van der Waals surface area contributed by atoms with Gasteiger partial charge in [-0.3, -0.25) is 4.79 Å². The molecule has 0 N–H and O–H groups in total. The second-order valence-corrected chi connectivity index (χ2v) is 14.0. The van der Waals surface area contributed by atoms with Crippen molar-refractivity contribution in [2.24, 2.45) is 27.6 Å². The van der Waals surface area contributed by atoms with Crippen molar-refractivity contribution in [1.82, 2.24) is 0 Å². The fourth-order valence-corrected chi connectivity index (χ4v) is 9.57. The minimum absolute atomic E-state index is 0.00330. The van der Waals surface area contributed by atoms with E-state index in [4.69, 9.17) is 9.15 Å². The van der Waals surface area contributed by atoms with Crippen LogP contribution in [0.25, 0.3) is 0 Å². The van der Waals surface area contributed by atoms with Gasteiger partial charge in [0, 0.05) is 23.8 Å². The number of hydrogen-bond donors (Lipinski definition) is 0. The summed E-state index contributed by atoms with van der Waals surface area (Å²) in [7, 11) is 0. The van der Waals surface area contributed by atoms with Crippen molar-refractivity contribution in [2.45, 2.75) is 125 Å². The maximum Gasteiger partial charge on any atom is 0.339 e. The Morgan fingerprint density at radius 1 is 0.972 bits per heavy atom. The van der Waals surface area contributed by atoms with Crippen molar-refractivity contribution >= 4 is 5.97 Å². The molecule has 2 saturated carbocycles. The van der Waals surface area contributed by atoms with Crippen molar-refractivity contribution in [3.63, 3.8) is 0 Å². The molecule has 4 heteroatoms. The summed E-state index contributed by atoms with van der Waals surface area (Å²) in [5.41, 5.74) is 4.46. The van der Waals surface area contributed by atoms with Crippen LogP contribution >= 0.6 is 0 Å². The fraction of sp³-hybridized carbons (Fsp3) is 0.750. The van der Waals surface area contributed by atoms with Crippen molar-refractivity contribution in [2.75, 3.05) is 0 Å². The average Bonchev–Trinajstić information content (AvgIpc) is 3.07. The smallest absolute Gasteiger partial charge is 0.339 e. The first-order valence-corrected chi connectivity index (χ1v) is 14.3.